The SMILES string of the molecule is O=S(=O)(Cl)c1cc(Br)ccc1OCc1ccc(F)cc1Br. The minimum absolute atomic E-state index is 0.0713. The van der Waals surface area contributed by atoms with Crippen LogP contribution < -0.4 is 4.74 Å². The van der Waals surface area contributed by atoms with E-state index in [1.165, 1.54) is 24.3 Å². The van der Waals surface area contributed by atoms with Crippen molar-refractivity contribution >= 4 is 51.6 Å². The second-order valence-electron chi connectivity index (χ2n) is 4.05. The maximum absolute atomic E-state index is 13.0. The lowest BCUT2D eigenvalue weighted by Gasteiger charge is -2.11. The molecule has 0 bridgehead atoms. The monoisotopic (exact) mass is 456 g/mol. The van der Waals surface area contributed by atoms with Gasteiger partial charge in [0.25, 0.3) is 9.05 Å². The number of halogens is 4. The average molecular weight is 459 g/mol. The zero-order valence-corrected chi connectivity index (χ0v) is 15.1. The Hall–Kier alpha value is -0.630. The normalized spacial score (nSPS) is 11.4. The van der Waals surface area contributed by atoms with Gasteiger partial charge >= 0.3 is 0 Å². The van der Waals surface area contributed by atoms with Crippen LogP contribution in [-0.2, 0) is 15.7 Å². The summed E-state index contributed by atoms with van der Waals surface area (Å²) >= 11 is 6.40. The van der Waals surface area contributed by atoms with Gasteiger partial charge in [0.15, 0.2) is 0 Å². The summed E-state index contributed by atoms with van der Waals surface area (Å²) in [5.41, 5.74) is 0.678. The van der Waals surface area contributed by atoms with Gasteiger partial charge in [0.1, 0.15) is 23.1 Å². The molecule has 21 heavy (non-hydrogen) atoms. The Kier molecular flexibility index (Phi) is 5.29. The molecule has 0 aliphatic carbocycles. The van der Waals surface area contributed by atoms with E-state index in [1.807, 2.05) is 0 Å². The van der Waals surface area contributed by atoms with E-state index in [0.29, 0.717) is 14.5 Å². The molecule has 0 radical (unpaired) electrons. The maximum Gasteiger partial charge on any atom is 0.265 e. The lowest BCUT2D eigenvalue weighted by Crippen LogP contribution is -2.01. The highest BCUT2D eigenvalue weighted by Crippen LogP contribution is 2.31. The van der Waals surface area contributed by atoms with Crippen molar-refractivity contribution in [3.63, 3.8) is 0 Å². The molecule has 3 nitrogen and oxygen atoms in total. The van der Waals surface area contributed by atoms with Crippen LogP contribution in [0.2, 0.25) is 0 Å². The van der Waals surface area contributed by atoms with Gasteiger partial charge < -0.3 is 4.74 Å². The van der Waals surface area contributed by atoms with E-state index in [0.717, 1.165) is 0 Å². The van der Waals surface area contributed by atoms with Crippen molar-refractivity contribution in [1.29, 1.82) is 0 Å². The van der Waals surface area contributed by atoms with Crippen LogP contribution >= 0.6 is 42.5 Å². The fourth-order valence-corrected chi connectivity index (χ4v) is 3.56. The van der Waals surface area contributed by atoms with Crippen LogP contribution in [0.3, 0.4) is 0 Å². The molecule has 2 aromatic rings. The minimum Gasteiger partial charge on any atom is -0.487 e. The summed E-state index contributed by atoms with van der Waals surface area (Å²) in [5, 5.41) is 0. The van der Waals surface area contributed by atoms with Crippen molar-refractivity contribution in [1.82, 2.24) is 0 Å². The van der Waals surface area contributed by atoms with E-state index in [2.05, 4.69) is 31.9 Å². The van der Waals surface area contributed by atoms with Gasteiger partial charge in [-0.3, -0.25) is 0 Å². The Morgan fingerprint density at radius 1 is 1.14 bits per heavy atom. The number of hydrogen-bond donors (Lipinski definition) is 0. The summed E-state index contributed by atoms with van der Waals surface area (Å²) < 4.78 is 42.7. The smallest absolute Gasteiger partial charge is 0.265 e. The summed E-state index contributed by atoms with van der Waals surface area (Å²) in [6, 6.07) is 8.64. The molecule has 0 unspecified atom stereocenters. The molecule has 0 aliphatic rings. The zero-order chi connectivity index (χ0) is 15.6. The van der Waals surface area contributed by atoms with Crippen LogP contribution in [0.15, 0.2) is 50.2 Å². The van der Waals surface area contributed by atoms with Crippen molar-refractivity contribution in [3.05, 3.63) is 56.7 Å². The second kappa shape index (κ2) is 6.64. The summed E-state index contributed by atoms with van der Waals surface area (Å²) in [6.45, 7) is 0.0713. The van der Waals surface area contributed by atoms with E-state index < -0.39 is 9.05 Å². The van der Waals surface area contributed by atoms with Gasteiger partial charge in [-0.25, -0.2) is 12.8 Å². The summed E-state index contributed by atoms with van der Waals surface area (Å²) in [4.78, 5) is -0.128. The van der Waals surface area contributed by atoms with Gasteiger partial charge in [-0.15, -0.1) is 0 Å². The van der Waals surface area contributed by atoms with Crippen LogP contribution in [0.4, 0.5) is 4.39 Å². The molecular weight excluding hydrogens is 450 g/mol. The molecule has 0 saturated carbocycles. The number of benzene rings is 2. The summed E-state index contributed by atoms with van der Waals surface area (Å²) in [6.07, 6.45) is 0. The summed E-state index contributed by atoms with van der Waals surface area (Å²) in [5.74, 6) is -0.247. The van der Waals surface area contributed by atoms with Crippen molar-refractivity contribution in [3.8, 4) is 5.75 Å². The van der Waals surface area contributed by atoms with Gasteiger partial charge in [-0.05, 0) is 30.3 Å². The van der Waals surface area contributed by atoms with Crippen LogP contribution in [0.1, 0.15) is 5.56 Å². The standard InChI is InChI=1S/C13H8Br2ClFO3S/c14-9-2-4-12(13(5-9)21(16,18)19)20-7-8-1-3-10(17)6-11(8)15/h1-6H,7H2. The molecular formula is C13H8Br2ClFO3S. The molecule has 0 saturated heterocycles. The highest BCUT2D eigenvalue weighted by atomic mass is 79.9. The van der Waals surface area contributed by atoms with Crippen LogP contribution in [0, 0.1) is 5.82 Å². The Morgan fingerprint density at radius 3 is 2.48 bits per heavy atom. The number of hydrogen-bond acceptors (Lipinski definition) is 3. The average Bonchev–Trinajstić information content (AvgIpc) is 2.38. The predicted octanol–water partition coefficient (Wildman–Crippen LogP) is 4.86. The van der Waals surface area contributed by atoms with Crippen LogP contribution in [0.25, 0.3) is 0 Å². The molecule has 112 valence electrons. The van der Waals surface area contributed by atoms with Crippen LogP contribution in [0.5, 0.6) is 5.75 Å². The third kappa shape index (κ3) is 4.42. The van der Waals surface area contributed by atoms with Gasteiger partial charge in [-0.1, -0.05) is 37.9 Å². The topological polar surface area (TPSA) is 43.4 Å². The molecule has 0 aliphatic heterocycles. The van der Waals surface area contributed by atoms with E-state index in [9.17, 15) is 12.8 Å². The molecule has 2 aromatic carbocycles. The van der Waals surface area contributed by atoms with Crippen molar-refractivity contribution < 1.29 is 17.5 Å². The Bertz CT molecular complexity index is 781. The third-order valence-corrected chi connectivity index (χ3v) is 5.14. The third-order valence-electron chi connectivity index (χ3n) is 2.57. The molecule has 2 rings (SSSR count). The predicted molar refractivity (Wildman–Crippen MR) is 85.6 cm³/mol. The Labute approximate surface area is 142 Å². The highest BCUT2D eigenvalue weighted by molar-refractivity contribution is 9.10. The lowest BCUT2D eigenvalue weighted by molar-refractivity contribution is 0.297. The quantitative estimate of drug-likeness (QED) is 0.615. The van der Waals surface area contributed by atoms with Gasteiger partial charge in [0.05, 0.1) is 0 Å². The first-order valence-corrected chi connectivity index (χ1v) is 9.48. The molecule has 0 heterocycles. The first-order chi connectivity index (χ1) is 9.77. The first-order valence-electron chi connectivity index (χ1n) is 5.58. The fourth-order valence-electron chi connectivity index (χ4n) is 1.59. The first kappa shape index (κ1) is 16.7. The van der Waals surface area contributed by atoms with Crippen molar-refractivity contribution in [2.24, 2.45) is 0 Å². The van der Waals surface area contributed by atoms with E-state index >= 15 is 0 Å². The molecule has 0 N–H and O–H groups in total. The lowest BCUT2D eigenvalue weighted by atomic mass is 10.2. The molecule has 8 heteroatoms. The van der Waals surface area contributed by atoms with Crippen LogP contribution in [-0.4, -0.2) is 8.42 Å². The summed E-state index contributed by atoms with van der Waals surface area (Å²) in [7, 11) is 1.45. The van der Waals surface area contributed by atoms with Gasteiger partial charge in [-0.2, -0.15) is 0 Å². The van der Waals surface area contributed by atoms with E-state index in [4.69, 9.17) is 15.4 Å². The minimum atomic E-state index is -3.93. The molecule has 0 aromatic heterocycles. The fraction of sp³-hybridized carbons (Fsp3) is 0.0769. The molecule has 0 fully saturated rings. The highest BCUT2D eigenvalue weighted by Gasteiger charge is 2.18. The number of rotatable bonds is 4. The van der Waals surface area contributed by atoms with Crippen molar-refractivity contribution in [2.75, 3.05) is 0 Å². The maximum atomic E-state index is 13.0. The van der Waals surface area contributed by atoms with E-state index in [-0.39, 0.29) is 23.1 Å². The van der Waals surface area contributed by atoms with E-state index in [1.54, 1.807) is 12.1 Å². The molecule has 0 spiro atoms. The number of ether oxygens (including phenoxy) is 1. The largest absolute Gasteiger partial charge is 0.487 e. The van der Waals surface area contributed by atoms with Gasteiger partial charge in [0.2, 0.25) is 0 Å². The van der Waals surface area contributed by atoms with Crippen molar-refractivity contribution in [2.45, 2.75) is 11.5 Å². The Morgan fingerprint density at radius 2 is 1.86 bits per heavy atom. The van der Waals surface area contributed by atoms with Gasteiger partial charge in [0, 0.05) is 25.2 Å². The molecule has 0 amide bonds. The molecule has 0 atom stereocenters. The second-order valence-corrected chi connectivity index (χ2v) is 8.36. The Balaban J connectivity index is 2.28. The zero-order valence-electron chi connectivity index (χ0n) is 10.3.